The molecule has 190 valence electrons. The van der Waals surface area contributed by atoms with Gasteiger partial charge in [-0.15, -0.1) is 0 Å². The summed E-state index contributed by atoms with van der Waals surface area (Å²) in [6, 6.07) is 5.99. The first-order valence-corrected chi connectivity index (χ1v) is 13.5. The first kappa shape index (κ1) is 23.7. The van der Waals surface area contributed by atoms with Crippen LogP contribution in [0, 0.1) is 11.8 Å². The average Bonchev–Trinajstić information content (AvgIpc) is 3.71. The van der Waals surface area contributed by atoms with E-state index in [1.165, 1.54) is 12.8 Å². The van der Waals surface area contributed by atoms with E-state index in [1.54, 1.807) is 11.1 Å². The van der Waals surface area contributed by atoms with Crippen molar-refractivity contribution in [1.82, 2.24) is 19.8 Å². The van der Waals surface area contributed by atoms with Gasteiger partial charge in [0.25, 0.3) is 5.91 Å². The van der Waals surface area contributed by atoms with E-state index in [2.05, 4.69) is 15.3 Å². The molecule has 36 heavy (non-hydrogen) atoms. The number of rotatable bonds is 6. The number of carbonyl (C=O) groups excluding carboxylic acids is 2. The van der Waals surface area contributed by atoms with Crippen LogP contribution < -0.4 is 5.32 Å². The molecule has 0 bridgehead atoms. The second-order valence-corrected chi connectivity index (χ2v) is 10.9. The summed E-state index contributed by atoms with van der Waals surface area (Å²) in [7, 11) is 0. The molecule has 3 fully saturated rings. The Hall–Kier alpha value is -2.71. The molecule has 4 heterocycles. The highest BCUT2D eigenvalue weighted by atomic mass is 35.5. The largest absolute Gasteiger partial charge is 0.381 e. The van der Waals surface area contributed by atoms with E-state index in [4.69, 9.17) is 16.3 Å². The molecule has 0 unspecified atom stereocenters. The molecule has 9 heteroatoms. The first-order valence-electron chi connectivity index (χ1n) is 13.1. The van der Waals surface area contributed by atoms with Gasteiger partial charge in [-0.1, -0.05) is 23.7 Å². The van der Waals surface area contributed by atoms with Gasteiger partial charge >= 0.3 is 0 Å². The van der Waals surface area contributed by atoms with Crippen molar-refractivity contribution in [3.8, 4) is 11.3 Å². The lowest BCUT2D eigenvalue weighted by Crippen LogP contribution is -2.44. The Balaban J connectivity index is 1.13. The molecular formula is C27H32ClN5O3. The number of carbonyl (C=O) groups is 2. The highest BCUT2D eigenvalue weighted by molar-refractivity contribution is 6.33. The van der Waals surface area contributed by atoms with Gasteiger partial charge in [0.1, 0.15) is 6.54 Å². The van der Waals surface area contributed by atoms with Crippen molar-refractivity contribution in [3.63, 3.8) is 0 Å². The number of piperidine rings is 1. The maximum absolute atomic E-state index is 13.2. The number of hydrogen-bond donors (Lipinski definition) is 1. The second-order valence-electron chi connectivity index (χ2n) is 10.5. The SMILES string of the molecule is O=C(CN1Cc2ccc(-c3nc(NC4CCOCC4)ncc3Cl)cc2C1=O)N1CCC(C2CC2)CC1. The van der Waals surface area contributed by atoms with Crippen molar-refractivity contribution in [3.05, 3.63) is 40.5 Å². The summed E-state index contributed by atoms with van der Waals surface area (Å²) in [6.07, 6.45) is 8.31. The average molecular weight is 510 g/mol. The number of amides is 2. The van der Waals surface area contributed by atoms with Crippen LogP contribution in [0.1, 0.15) is 54.4 Å². The van der Waals surface area contributed by atoms with Crippen LogP contribution in [0.4, 0.5) is 5.95 Å². The zero-order valence-corrected chi connectivity index (χ0v) is 21.2. The fourth-order valence-electron chi connectivity index (χ4n) is 5.75. The molecule has 2 amide bonds. The predicted octanol–water partition coefficient (Wildman–Crippen LogP) is 3.99. The molecule has 1 N–H and O–H groups in total. The van der Waals surface area contributed by atoms with Crippen LogP contribution in [-0.2, 0) is 16.1 Å². The molecule has 2 aromatic rings. The van der Waals surface area contributed by atoms with Crippen LogP contribution in [0.3, 0.4) is 0 Å². The van der Waals surface area contributed by atoms with E-state index < -0.39 is 0 Å². The molecule has 2 saturated heterocycles. The minimum absolute atomic E-state index is 0.0494. The fourth-order valence-corrected chi connectivity index (χ4v) is 5.95. The van der Waals surface area contributed by atoms with E-state index in [0.29, 0.717) is 28.8 Å². The molecule has 1 aromatic carbocycles. The van der Waals surface area contributed by atoms with E-state index in [-0.39, 0.29) is 24.4 Å². The van der Waals surface area contributed by atoms with Gasteiger partial charge in [0.15, 0.2) is 0 Å². The van der Waals surface area contributed by atoms with E-state index in [9.17, 15) is 9.59 Å². The van der Waals surface area contributed by atoms with Crippen LogP contribution in [0.5, 0.6) is 0 Å². The number of benzene rings is 1. The lowest BCUT2D eigenvalue weighted by Gasteiger charge is -2.33. The summed E-state index contributed by atoms with van der Waals surface area (Å²) in [4.78, 5) is 38.8. The Labute approximate surface area is 216 Å². The van der Waals surface area contributed by atoms with Crippen LogP contribution in [0.15, 0.2) is 24.4 Å². The number of nitrogens with one attached hydrogen (secondary N) is 1. The zero-order chi connectivity index (χ0) is 24.6. The van der Waals surface area contributed by atoms with Crippen LogP contribution in [0.2, 0.25) is 5.02 Å². The van der Waals surface area contributed by atoms with Crippen LogP contribution in [0.25, 0.3) is 11.3 Å². The number of halogens is 1. The lowest BCUT2D eigenvalue weighted by molar-refractivity contribution is -0.133. The molecule has 1 aliphatic carbocycles. The standard InChI is InChI=1S/C27H32ClN5O3/c28-23-14-29-27(30-21-7-11-36-12-8-21)31-25(23)19-3-4-20-15-33(26(35)22(20)13-19)16-24(34)32-9-5-18(6-10-32)17-1-2-17/h3-4,13-14,17-18,21H,1-2,5-12,15-16H2,(H,29,30,31). The number of nitrogens with zero attached hydrogens (tertiary/aromatic N) is 4. The predicted molar refractivity (Wildman–Crippen MR) is 137 cm³/mol. The van der Waals surface area contributed by atoms with Crippen molar-refractivity contribution in [2.75, 3.05) is 38.2 Å². The third-order valence-electron chi connectivity index (χ3n) is 8.07. The Morgan fingerprint density at radius 2 is 1.83 bits per heavy atom. The van der Waals surface area contributed by atoms with Gasteiger partial charge < -0.3 is 19.9 Å². The highest BCUT2D eigenvalue weighted by Gasteiger charge is 2.36. The Kier molecular flexibility index (Phi) is 6.56. The number of aromatic nitrogens is 2. The summed E-state index contributed by atoms with van der Waals surface area (Å²) in [6.45, 7) is 3.66. The Morgan fingerprint density at radius 1 is 1.08 bits per heavy atom. The molecule has 3 aliphatic heterocycles. The summed E-state index contributed by atoms with van der Waals surface area (Å²) < 4.78 is 5.42. The molecule has 1 aromatic heterocycles. The normalized spacial score (nSPS) is 21.1. The number of ether oxygens (including phenoxy) is 1. The van der Waals surface area contributed by atoms with Gasteiger partial charge in [0, 0.05) is 50.0 Å². The summed E-state index contributed by atoms with van der Waals surface area (Å²) >= 11 is 6.46. The molecule has 4 aliphatic rings. The molecule has 0 radical (unpaired) electrons. The smallest absolute Gasteiger partial charge is 0.254 e. The van der Waals surface area contributed by atoms with Crippen molar-refractivity contribution in [2.24, 2.45) is 11.8 Å². The molecular weight excluding hydrogens is 478 g/mol. The molecule has 8 nitrogen and oxygen atoms in total. The van der Waals surface area contributed by atoms with Crippen LogP contribution in [-0.4, -0.2) is 70.5 Å². The van der Waals surface area contributed by atoms with Crippen molar-refractivity contribution < 1.29 is 14.3 Å². The summed E-state index contributed by atoms with van der Waals surface area (Å²) in [5.74, 6) is 2.13. The number of anilines is 1. The van der Waals surface area contributed by atoms with E-state index in [1.807, 2.05) is 23.1 Å². The highest BCUT2D eigenvalue weighted by Crippen LogP contribution is 2.41. The topological polar surface area (TPSA) is 87.7 Å². The fraction of sp³-hybridized carbons (Fsp3) is 0.556. The van der Waals surface area contributed by atoms with Crippen LogP contribution >= 0.6 is 11.6 Å². The minimum Gasteiger partial charge on any atom is -0.381 e. The Morgan fingerprint density at radius 3 is 2.58 bits per heavy atom. The van der Waals surface area contributed by atoms with E-state index >= 15 is 0 Å². The third-order valence-corrected chi connectivity index (χ3v) is 8.34. The first-order chi connectivity index (χ1) is 17.5. The number of hydrogen-bond acceptors (Lipinski definition) is 6. The lowest BCUT2D eigenvalue weighted by atomic mass is 9.92. The summed E-state index contributed by atoms with van der Waals surface area (Å²) in [5, 5.41) is 3.80. The number of likely N-dealkylation sites (tertiary alicyclic amines) is 1. The van der Waals surface area contributed by atoms with Crippen molar-refractivity contribution in [1.29, 1.82) is 0 Å². The maximum Gasteiger partial charge on any atom is 0.254 e. The molecule has 0 spiro atoms. The van der Waals surface area contributed by atoms with Gasteiger partial charge in [-0.25, -0.2) is 9.97 Å². The van der Waals surface area contributed by atoms with Gasteiger partial charge in [-0.2, -0.15) is 0 Å². The van der Waals surface area contributed by atoms with Crippen molar-refractivity contribution >= 4 is 29.4 Å². The van der Waals surface area contributed by atoms with Gasteiger partial charge in [0.05, 0.1) is 16.9 Å². The second kappa shape index (κ2) is 9.98. The summed E-state index contributed by atoms with van der Waals surface area (Å²) in [5.41, 5.74) is 2.89. The molecule has 6 rings (SSSR count). The molecule has 0 atom stereocenters. The van der Waals surface area contributed by atoms with E-state index in [0.717, 1.165) is 74.9 Å². The third kappa shape index (κ3) is 4.93. The van der Waals surface area contributed by atoms with Gasteiger partial charge in [0.2, 0.25) is 11.9 Å². The maximum atomic E-state index is 13.2. The Bertz CT molecular complexity index is 1160. The minimum atomic E-state index is -0.112. The molecule has 1 saturated carbocycles. The van der Waals surface area contributed by atoms with Gasteiger partial charge in [-0.3, -0.25) is 9.59 Å². The van der Waals surface area contributed by atoms with Crippen molar-refractivity contribution in [2.45, 2.75) is 51.1 Å². The number of fused-ring (bicyclic) bond motifs is 1. The monoisotopic (exact) mass is 509 g/mol. The van der Waals surface area contributed by atoms with Gasteiger partial charge in [-0.05, 0) is 62.0 Å². The quantitative estimate of drug-likeness (QED) is 0.633. The zero-order valence-electron chi connectivity index (χ0n) is 20.4.